The van der Waals surface area contributed by atoms with Crippen molar-refractivity contribution in [2.45, 2.75) is 32.4 Å². The number of ether oxygens (including phenoxy) is 1. The van der Waals surface area contributed by atoms with Gasteiger partial charge in [-0.15, -0.1) is 0 Å². The van der Waals surface area contributed by atoms with Gasteiger partial charge in [0.15, 0.2) is 5.78 Å². The number of alkyl halides is 3. The van der Waals surface area contributed by atoms with Crippen molar-refractivity contribution >= 4 is 5.78 Å². The van der Waals surface area contributed by atoms with Gasteiger partial charge in [-0.3, -0.25) is 4.79 Å². The fourth-order valence-corrected chi connectivity index (χ4v) is 0.663. The third-order valence-corrected chi connectivity index (χ3v) is 1.41. The second-order valence-corrected chi connectivity index (χ2v) is 2.66. The summed E-state index contributed by atoms with van der Waals surface area (Å²) < 4.78 is 39.5. The molecule has 0 rings (SSSR count). The van der Waals surface area contributed by atoms with E-state index in [0.717, 1.165) is 0 Å². The highest BCUT2D eigenvalue weighted by atomic mass is 19.4. The van der Waals surface area contributed by atoms with Crippen molar-refractivity contribution in [2.24, 2.45) is 0 Å². The molecule has 0 amide bonds. The highest BCUT2D eigenvalue weighted by Gasteiger charge is 2.25. The van der Waals surface area contributed by atoms with Crippen molar-refractivity contribution in [3.63, 3.8) is 0 Å². The Labute approximate surface area is 75.1 Å². The molecule has 0 N–H and O–H groups in total. The van der Waals surface area contributed by atoms with Gasteiger partial charge < -0.3 is 4.74 Å². The fourth-order valence-electron chi connectivity index (χ4n) is 0.663. The summed E-state index contributed by atoms with van der Waals surface area (Å²) in [5.41, 5.74) is 0. The van der Waals surface area contributed by atoms with Gasteiger partial charge >= 0.3 is 6.18 Å². The van der Waals surface area contributed by atoms with Crippen molar-refractivity contribution in [1.82, 2.24) is 0 Å². The Morgan fingerprint density at radius 1 is 1.38 bits per heavy atom. The van der Waals surface area contributed by atoms with Crippen LogP contribution in [0.2, 0.25) is 0 Å². The number of halogens is 3. The topological polar surface area (TPSA) is 26.3 Å². The zero-order valence-electron chi connectivity index (χ0n) is 7.49. The predicted octanol–water partition coefficient (Wildman–Crippen LogP) is 2.32. The third kappa shape index (κ3) is 9.33. The Morgan fingerprint density at radius 2 is 2.00 bits per heavy atom. The lowest BCUT2D eigenvalue weighted by atomic mass is 10.3. The highest BCUT2D eigenvalue weighted by molar-refractivity contribution is 5.79. The molecule has 13 heavy (non-hydrogen) atoms. The molecule has 0 fully saturated rings. The smallest absolute Gasteiger partial charge is 0.374 e. The van der Waals surface area contributed by atoms with E-state index in [0.29, 0.717) is 6.42 Å². The number of rotatable bonds is 6. The summed E-state index contributed by atoms with van der Waals surface area (Å²) in [7, 11) is 0. The zero-order valence-corrected chi connectivity index (χ0v) is 7.49. The Morgan fingerprint density at radius 3 is 2.46 bits per heavy atom. The summed E-state index contributed by atoms with van der Waals surface area (Å²) in [6.07, 6.45) is -4.70. The molecule has 78 valence electrons. The van der Waals surface area contributed by atoms with Crippen LogP contribution in [-0.2, 0) is 9.53 Å². The third-order valence-electron chi connectivity index (χ3n) is 1.41. The molecule has 0 spiro atoms. The number of hydrogen-bond acceptors (Lipinski definition) is 2. The molecule has 0 bridgehead atoms. The first kappa shape index (κ1) is 12.4. The molecule has 0 aromatic carbocycles. The molecule has 0 saturated heterocycles. The minimum Gasteiger partial charge on any atom is -0.374 e. The number of carbonyl (C=O) groups excluding carboxylic acids is 1. The molecule has 2 nitrogen and oxygen atoms in total. The van der Waals surface area contributed by atoms with Gasteiger partial charge in [0, 0.05) is 19.4 Å². The lowest BCUT2D eigenvalue weighted by Gasteiger charge is -2.05. The Balaban J connectivity index is 3.22. The van der Waals surface area contributed by atoms with Crippen LogP contribution in [0.4, 0.5) is 13.2 Å². The largest absolute Gasteiger partial charge is 0.389 e. The maximum absolute atomic E-state index is 11.6. The monoisotopic (exact) mass is 198 g/mol. The molecule has 0 unspecified atom stereocenters. The van der Waals surface area contributed by atoms with Gasteiger partial charge in [0.25, 0.3) is 0 Å². The second kappa shape index (κ2) is 5.96. The van der Waals surface area contributed by atoms with Crippen molar-refractivity contribution in [2.75, 3.05) is 13.2 Å². The predicted molar refractivity (Wildman–Crippen MR) is 41.4 cm³/mol. The summed E-state index contributed by atoms with van der Waals surface area (Å²) in [5, 5.41) is 0. The molecule has 0 aromatic heterocycles. The average Bonchev–Trinajstić information content (AvgIpc) is 2.01. The van der Waals surface area contributed by atoms with Crippen LogP contribution in [0.25, 0.3) is 0 Å². The quantitative estimate of drug-likeness (QED) is 0.612. The molecule has 0 atom stereocenters. The van der Waals surface area contributed by atoms with Crippen molar-refractivity contribution < 1.29 is 22.7 Å². The number of hydrogen-bond donors (Lipinski definition) is 0. The van der Waals surface area contributed by atoms with Crippen molar-refractivity contribution in [1.29, 1.82) is 0 Å². The van der Waals surface area contributed by atoms with E-state index < -0.39 is 12.6 Å². The summed E-state index contributed by atoms with van der Waals surface area (Å²) >= 11 is 0. The maximum atomic E-state index is 11.6. The van der Waals surface area contributed by atoms with E-state index >= 15 is 0 Å². The van der Waals surface area contributed by atoms with Gasteiger partial charge in [0.2, 0.25) is 0 Å². The minimum atomic E-state index is -4.13. The van der Waals surface area contributed by atoms with Crippen LogP contribution in [0.5, 0.6) is 0 Å². The number of carbonyl (C=O) groups is 1. The van der Waals surface area contributed by atoms with Gasteiger partial charge in [-0.2, -0.15) is 13.2 Å². The van der Waals surface area contributed by atoms with E-state index in [9.17, 15) is 18.0 Å². The summed E-state index contributed by atoms with van der Waals surface area (Å²) in [6.45, 7) is 1.60. The molecular formula is C8H13F3O2. The van der Waals surface area contributed by atoms with Crippen LogP contribution >= 0.6 is 0 Å². The highest BCUT2D eigenvalue weighted by Crippen LogP contribution is 2.20. The molecule has 0 heterocycles. The Kier molecular flexibility index (Phi) is 5.70. The van der Waals surface area contributed by atoms with E-state index in [1.807, 2.05) is 0 Å². The van der Waals surface area contributed by atoms with Crippen LogP contribution in [-0.4, -0.2) is 25.2 Å². The van der Waals surface area contributed by atoms with Crippen molar-refractivity contribution in [3.05, 3.63) is 0 Å². The van der Waals surface area contributed by atoms with E-state index in [2.05, 4.69) is 0 Å². The standard InChI is InChI=1S/C8H13F3O2/c1-2-7(12)6-13-5-3-4-8(9,10)11/h2-6H2,1H3. The van der Waals surface area contributed by atoms with Gasteiger partial charge in [0.1, 0.15) is 6.61 Å². The van der Waals surface area contributed by atoms with Gasteiger partial charge in [-0.25, -0.2) is 0 Å². The minimum absolute atomic E-state index is 0.00868. The van der Waals surface area contributed by atoms with E-state index in [1.165, 1.54) is 0 Å². The second-order valence-electron chi connectivity index (χ2n) is 2.66. The lowest BCUT2D eigenvalue weighted by Crippen LogP contribution is -2.11. The SMILES string of the molecule is CCC(=O)COCCCC(F)(F)F. The van der Waals surface area contributed by atoms with Crippen molar-refractivity contribution in [3.8, 4) is 0 Å². The molecule has 0 aliphatic carbocycles. The average molecular weight is 198 g/mol. The van der Waals surface area contributed by atoms with Crippen LogP contribution in [0.3, 0.4) is 0 Å². The van der Waals surface area contributed by atoms with E-state index in [-0.39, 0.29) is 25.4 Å². The van der Waals surface area contributed by atoms with Gasteiger partial charge in [0.05, 0.1) is 0 Å². The van der Waals surface area contributed by atoms with Crippen LogP contribution in [0.1, 0.15) is 26.2 Å². The molecular weight excluding hydrogens is 185 g/mol. The maximum Gasteiger partial charge on any atom is 0.389 e. The molecule has 0 saturated carbocycles. The summed E-state index contributed by atoms with van der Waals surface area (Å²) in [4.78, 5) is 10.6. The normalized spacial score (nSPS) is 11.7. The lowest BCUT2D eigenvalue weighted by molar-refractivity contribution is -0.138. The molecule has 0 aromatic rings. The first-order valence-electron chi connectivity index (χ1n) is 4.12. The first-order chi connectivity index (χ1) is 5.95. The summed E-state index contributed by atoms with van der Waals surface area (Å²) in [5.74, 6) is -0.0907. The van der Waals surface area contributed by atoms with E-state index in [4.69, 9.17) is 4.74 Å². The Bertz CT molecular complexity index is 154. The van der Waals surface area contributed by atoms with Gasteiger partial charge in [-0.05, 0) is 6.42 Å². The van der Waals surface area contributed by atoms with Crippen LogP contribution in [0, 0.1) is 0 Å². The van der Waals surface area contributed by atoms with Crippen LogP contribution < -0.4 is 0 Å². The molecule has 0 radical (unpaired) electrons. The first-order valence-corrected chi connectivity index (χ1v) is 4.12. The molecule has 0 aliphatic heterocycles. The Hall–Kier alpha value is -0.580. The van der Waals surface area contributed by atoms with Gasteiger partial charge in [-0.1, -0.05) is 6.92 Å². The number of Topliss-reactive ketones (excluding diaryl/α,β-unsaturated/α-hetero) is 1. The zero-order chi connectivity index (χ0) is 10.3. The number of ketones is 1. The molecule has 5 heteroatoms. The fraction of sp³-hybridized carbons (Fsp3) is 0.875. The molecule has 0 aliphatic rings. The van der Waals surface area contributed by atoms with E-state index in [1.54, 1.807) is 6.92 Å². The summed E-state index contributed by atoms with van der Waals surface area (Å²) in [6, 6.07) is 0. The van der Waals surface area contributed by atoms with Crippen LogP contribution in [0.15, 0.2) is 0 Å².